The third-order valence-corrected chi connectivity index (χ3v) is 3.69. The van der Waals surface area contributed by atoms with Crippen LogP contribution in [-0.2, 0) is 0 Å². The predicted molar refractivity (Wildman–Crippen MR) is 74.9 cm³/mol. The maximum absolute atomic E-state index is 4.44. The molecule has 0 spiro atoms. The number of imidazole rings is 1. The Kier molecular flexibility index (Phi) is 4.49. The van der Waals surface area contributed by atoms with E-state index < -0.39 is 0 Å². The monoisotopic (exact) mass is 264 g/mol. The molecule has 0 fully saturated rings. The molecule has 4 nitrogen and oxygen atoms in total. The van der Waals surface area contributed by atoms with E-state index in [0.29, 0.717) is 6.04 Å². The van der Waals surface area contributed by atoms with Gasteiger partial charge in [-0.1, -0.05) is 6.92 Å². The lowest BCUT2D eigenvalue weighted by Crippen LogP contribution is -2.25. The average molecular weight is 264 g/mol. The van der Waals surface area contributed by atoms with E-state index >= 15 is 0 Å². The van der Waals surface area contributed by atoms with Crippen LogP contribution in [-0.4, -0.2) is 21.1 Å². The summed E-state index contributed by atoms with van der Waals surface area (Å²) in [6.45, 7) is 7.49. The Morgan fingerprint density at radius 3 is 2.89 bits per heavy atom. The van der Waals surface area contributed by atoms with Crippen molar-refractivity contribution < 1.29 is 0 Å². The van der Waals surface area contributed by atoms with Crippen LogP contribution >= 0.6 is 11.3 Å². The number of nitrogens with one attached hydrogen (secondary N) is 1. The first kappa shape index (κ1) is 13.2. The molecule has 0 bridgehead atoms. The number of rotatable bonds is 6. The number of hydrogen-bond donors (Lipinski definition) is 1. The van der Waals surface area contributed by atoms with E-state index in [4.69, 9.17) is 0 Å². The Labute approximate surface area is 112 Å². The molecule has 0 aromatic carbocycles. The number of aromatic nitrogens is 3. The summed E-state index contributed by atoms with van der Waals surface area (Å²) in [7, 11) is 0. The Balaban J connectivity index is 2.31. The minimum Gasteiger partial charge on any atom is -0.330 e. The summed E-state index contributed by atoms with van der Waals surface area (Å²) < 4.78 is 2.20. The summed E-state index contributed by atoms with van der Waals surface area (Å²) in [6, 6.07) is 0.559. The zero-order valence-electron chi connectivity index (χ0n) is 11.1. The minimum absolute atomic E-state index is 0.148. The fraction of sp³-hybridized carbons (Fsp3) is 0.538. The molecule has 18 heavy (non-hydrogen) atoms. The lowest BCUT2D eigenvalue weighted by molar-refractivity contribution is 0.512. The Morgan fingerprint density at radius 1 is 1.44 bits per heavy atom. The van der Waals surface area contributed by atoms with E-state index in [2.05, 4.69) is 40.6 Å². The second-order valence-electron chi connectivity index (χ2n) is 4.58. The van der Waals surface area contributed by atoms with Gasteiger partial charge in [-0.2, -0.15) is 0 Å². The summed E-state index contributed by atoms with van der Waals surface area (Å²) in [5, 5.41) is 6.68. The van der Waals surface area contributed by atoms with E-state index in [9.17, 15) is 0 Å². The molecule has 0 aliphatic carbocycles. The Bertz CT molecular complexity index is 461. The first-order valence-corrected chi connectivity index (χ1v) is 7.26. The summed E-state index contributed by atoms with van der Waals surface area (Å²) in [5.41, 5.74) is 1.19. The van der Waals surface area contributed by atoms with Crippen LogP contribution in [0, 0.1) is 0 Å². The fourth-order valence-electron chi connectivity index (χ4n) is 1.95. The Hall–Kier alpha value is -1.20. The highest BCUT2D eigenvalue weighted by molar-refractivity contribution is 7.09. The summed E-state index contributed by atoms with van der Waals surface area (Å²) in [5.74, 6) is 0. The van der Waals surface area contributed by atoms with Crippen molar-refractivity contribution in [3.63, 3.8) is 0 Å². The molecule has 98 valence electrons. The van der Waals surface area contributed by atoms with Crippen LogP contribution in [0.25, 0.3) is 0 Å². The van der Waals surface area contributed by atoms with Crippen molar-refractivity contribution in [2.75, 3.05) is 6.54 Å². The maximum Gasteiger partial charge on any atom is 0.116 e. The van der Waals surface area contributed by atoms with E-state index in [-0.39, 0.29) is 6.04 Å². The van der Waals surface area contributed by atoms with Crippen LogP contribution in [0.15, 0.2) is 24.1 Å². The van der Waals surface area contributed by atoms with Gasteiger partial charge in [0.05, 0.1) is 18.2 Å². The zero-order valence-corrected chi connectivity index (χ0v) is 11.9. The molecule has 0 radical (unpaired) electrons. The van der Waals surface area contributed by atoms with Crippen molar-refractivity contribution in [2.24, 2.45) is 0 Å². The Morgan fingerprint density at radius 2 is 2.28 bits per heavy atom. The van der Waals surface area contributed by atoms with Crippen LogP contribution < -0.4 is 5.32 Å². The van der Waals surface area contributed by atoms with Crippen LogP contribution in [0.4, 0.5) is 0 Å². The molecule has 2 rings (SSSR count). The molecule has 1 N–H and O–H groups in total. The zero-order chi connectivity index (χ0) is 13.0. The summed E-state index contributed by atoms with van der Waals surface area (Å²) >= 11 is 1.69. The second-order valence-corrected chi connectivity index (χ2v) is 5.50. The van der Waals surface area contributed by atoms with Gasteiger partial charge >= 0.3 is 0 Å². The molecule has 2 aromatic heterocycles. The topological polar surface area (TPSA) is 42.7 Å². The lowest BCUT2D eigenvalue weighted by atomic mass is 10.2. The first-order valence-electron chi connectivity index (χ1n) is 6.38. The highest BCUT2D eigenvalue weighted by atomic mass is 32.1. The molecule has 0 aliphatic heterocycles. The molecule has 1 atom stereocenters. The van der Waals surface area contributed by atoms with Crippen LogP contribution in [0.2, 0.25) is 0 Å². The van der Waals surface area contributed by atoms with Gasteiger partial charge < -0.3 is 9.88 Å². The van der Waals surface area contributed by atoms with Gasteiger partial charge in [-0.3, -0.25) is 0 Å². The van der Waals surface area contributed by atoms with Gasteiger partial charge in [-0.25, -0.2) is 9.97 Å². The van der Waals surface area contributed by atoms with Crippen molar-refractivity contribution in [3.05, 3.63) is 34.8 Å². The first-order chi connectivity index (χ1) is 8.74. The van der Waals surface area contributed by atoms with Gasteiger partial charge in [0.25, 0.3) is 0 Å². The predicted octanol–water partition coefficient (Wildman–Crippen LogP) is 3.01. The second kappa shape index (κ2) is 6.11. The molecule has 2 heterocycles. The van der Waals surface area contributed by atoms with Crippen molar-refractivity contribution in [1.82, 2.24) is 19.9 Å². The molecule has 1 unspecified atom stereocenters. The third-order valence-electron chi connectivity index (χ3n) is 2.84. The highest BCUT2D eigenvalue weighted by Crippen LogP contribution is 2.25. The van der Waals surface area contributed by atoms with Crippen molar-refractivity contribution in [3.8, 4) is 0 Å². The molecular formula is C13H20N4S. The molecule has 0 aliphatic rings. The van der Waals surface area contributed by atoms with E-state index in [0.717, 1.165) is 18.0 Å². The molecule has 0 saturated carbocycles. The van der Waals surface area contributed by atoms with Gasteiger partial charge in [0.1, 0.15) is 11.0 Å². The van der Waals surface area contributed by atoms with E-state index in [1.54, 1.807) is 11.3 Å². The molecule has 5 heteroatoms. The summed E-state index contributed by atoms with van der Waals surface area (Å²) in [4.78, 5) is 8.72. The van der Waals surface area contributed by atoms with Crippen molar-refractivity contribution >= 4 is 11.3 Å². The largest absolute Gasteiger partial charge is 0.330 e. The maximum atomic E-state index is 4.44. The normalized spacial score (nSPS) is 13.1. The van der Waals surface area contributed by atoms with Crippen LogP contribution in [0.1, 0.15) is 50.0 Å². The quantitative estimate of drug-likeness (QED) is 0.872. The lowest BCUT2D eigenvalue weighted by Gasteiger charge is -2.20. The number of hydrogen-bond acceptors (Lipinski definition) is 4. The van der Waals surface area contributed by atoms with Gasteiger partial charge in [0.15, 0.2) is 0 Å². The summed E-state index contributed by atoms with van der Waals surface area (Å²) in [6.07, 6.45) is 6.80. The van der Waals surface area contributed by atoms with E-state index in [1.807, 2.05) is 24.1 Å². The van der Waals surface area contributed by atoms with Crippen LogP contribution in [0.5, 0.6) is 0 Å². The number of nitrogens with zero attached hydrogens (tertiary/aromatic N) is 3. The smallest absolute Gasteiger partial charge is 0.116 e. The molecule has 0 saturated heterocycles. The highest BCUT2D eigenvalue weighted by Gasteiger charge is 2.20. The molecular weight excluding hydrogens is 244 g/mol. The van der Waals surface area contributed by atoms with Crippen LogP contribution in [0.3, 0.4) is 0 Å². The average Bonchev–Trinajstić information content (AvgIpc) is 3.00. The van der Waals surface area contributed by atoms with Crippen molar-refractivity contribution in [2.45, 2.75) is 39.3 Å². The molecule has 0 amide bonds. The number of thiazole rings is 1. The van der Waals surface area contributed by atoms with Crippen molar-refractivity contribution in [1.29, 1.82) is 0 Å². The SMILES string of the molecule is CCCNC(c1nccs1)c1cncn1C(C)C. The van der Waals surface area contributed by atoms with Gasteiger partial charge in [0.2, 0.25) is 0 Å². The van der Waals surface area contributed by atoms with E-state index in [1.165, 1.54) is 5.69 Å². The third kappa shape index (κ3) is 2.79. The van der Waals surface area contributed by atoms with Gasteiger partial charge in [-0.15, -0.1) is 11.3 Å². The molecule has 2 aromatic rings. The standard InChI is InChI=1S/C13H20N4S/c1-4-5-15-12(13-16-6-7-18-13)11-8-14-9-17(11)10(2)3/h6-10,12,15H,4-5H2,1-3H3. The van der Waals surface area contributed by atoms with Gasteiger partial charge in [-0.05, 0) is 26.8 Å². The fourth-order valence-corrected chi connectivity index (χ4v) is 2.68. The minimum atomic E-state index is 0.148. The van der Waals surface area contributed by atoms with Gasteiger partial charge in [0, 0.05) is 17.6 Å².